The normalized spacial score (nSPS) is 23.2. The van der Waals surface area contributed by atoms with Gasteiger partial charge in [-0.1, -0.05) is 0 Å². The molecule has 0 bridgehead atoms. The fourth-order valence-electron chi connectivity index (χ4n) is 1.79. The number of nitrogens with zero attached hydrogens (tertiary/aromatic N) is 1. The molecule has 5 nitrogen and oxygen atoms in total. The summed E-state index contributed by atoms with van der Waals surface area (Å²) in [5.41, 5.74) is 0. The maximum Gasteiger partial charge on any atom is 0.225 e. The average Bonchev–Trinajstić information content (AvgIpc) is 2.78. The van der Waals surface area contributed by atoms with E-state index in [9.17, 15) is 13.2 Å². The van der Waals surface area contributed by atoms with Gasteiger partial charge in [-0.25, -0.2) is 8.42 Å². The molecule has 2 fully saturated rings. The summed E-state index contributed by atoms with van der Waals surface area (Å²) in [5.74, 6) is -0.187. The zero-order valence-corrected chi connectivity index (χ0v) is 10.5. The first-order valence-corrected chi connectivity index (χ1v) is 7.21. The molecule has 6 heteroatoms. The van der Waals surface area contributed by atoms with Crippen molar-refractivity contribution in [3.63, 3.8) is 0 Å². The summed E-state index contributed by atoms with van der Waals surface area (Å²) in [7, 11) is -3.07. The number of hydrogen-bond acceptors (Lipinski definition) is 3. The number of amides is 1. The Morgan fingerprint density at radius 3 is 2.31 bits per heavy atom. The van der Waals surface area contributed by atoms with Crippen molar-refractivity contribution < 1.29 is 13.2 Å². The van der Waals surface area contributed by atoms with E-state index in [1.165, 1.54) is 4.31 Å². The Hall–Kier alpha value is -0.620. The van der Waals surface area contributed by atoms with Crippen LogP contribution in [0.3, 0.4) is 0 Å². The minimum absolute atomic E-state index is 0.0303. The lowest BCUT2D eigenvalue weighted by Crippen LogP contribution is -2.57. The summed E-state index contributed by atoms with van der Waals surface area (Å²) in [6.45, 7) is 4.51. The number of sulfonamides is 1. The SMILES string of the molecule is CC(C)NC(=O)C1CN(S(=O)(=O)C2CC2)C1. The Labute approximate surface area is 96.2 Å². The summed E-state index contributed by atoms with van der Waals surface area (Å²) < 4.78 is 25.0. The Bertz CT molecular complexity index is 381. The highest BCUT2D eigenvalue weighted by Gasteiger charge is 2.46. The van der Waals surface area contributed by atoms with Crippen LogP contribution in [-0.4, -0.2) is 43.0 Å². The van der Waals surface area contributed by atoms with Gasteiger partial charge in [-0.3, -0.25) is 4.79 Å². The van der Waals surface area contributed by atoms with Crippen molar-refractivity contribution in [3.8, 4) is 0 Å². The lowest BCUT2D eigenvalue weighted by molar-refractivity contribution is -0.128. The molecule has 1 N–H and O–H groups in total. The highest BCUT2D eigenvalue weighted by molar-refractivity contribution is 7.90. The number of hydrogen-bond donors (Lipinski definition) is 1. The minimum atomic E-state index is -3.07. The van der Waals surface area contributed by atoms with E-state index < -0.39 is 10.0 Å². The molecular formula is C10H18N2O3S. The molecule has 1 saturated heterocycles. The monoisotopic (exact) mass is 246 g/mol. The first-order chi connectivity index (χ1) is 7.41. The fraction of sp³-hybridized carbons (Fsp3) is 0.900. The van der Waals surface area contributed by atoms with Crippen LogP contribution < -0.4 is 5.32 Å². The maximum atomic E-state index is 11.8. The lowest BCUT2D eigenvalue weighted by Gasteiger charge is -2.37. The van der Waals surface area contributed by atoms with Crippen molar-refractivity contribution in [1.82, 2.24) is 9.62 Å². The van der Waals surface area contributed by atoms with Crippen molar-refractivity contribution in [2.45, 2.75) is 38.0 Å². The topological polar surface area (TPSA) is 66.5 Å². The lowest BCUT2D eigenvalue weighted by atomic mass is 10.0. The van der Waals surface area contributed by atoms with E-state index in [2.05, 4.69) is 5.32 Å². The average molecular weight is 246 g/mol. The summed E-state index contributed by atoms with van der Waals surface area (Å²) in [6.07, 6.45) is 1.56. The van der Waals surface area contributed by atoms with Crippen LogP contribution in [0.2, 0.25) is 0 Å². The van der Waals surface area contributed by atoms with E-state index in [0.29, 0.717) is 13.1 Å². The molecule has 2 aliphatic rings. The quantitative estimate of drug-likeness (QED) is 0.755. The Morgan fingerprint density at radius 1 is 1.31 bits per heavy atom. The van der Waals surface area contributed by atoms with Crippen LogP contribution in [-0.2, 0) is 14.8 Å². The first-order valence-electron chi connectivity index (χ1n) is 5.70. The molecule has 0 unspecified atom stereocenters. The van der Waals surface area contributed by atoms with Crippen molar-refractivity contribution in [2.75, 3.05) is 13.1 Å². The zero-order chi connectivity index (χ0) is 11.9. The van der Waals surface area contributed by atoms with Crippen molar-refractivity contribution in [2.24, 2.45) is 5.92 Å². The van der Waals surface area contributed by atoms with E-state index in [1.807, 2.05) is 13.8 Å². The maximum absolute atomic E-state index is 11.8. The molecule has 1 aliphatic carbocycles. The van der Waals surface area contributed by atoms with Gasteiger partial charge in [-0.15, -0.1) is 0 Å². The van der Waals surface area contributed by atoms with E-state index in [-0.39, 0.29) is 23.1 Å². The predicted molar refractivity (Wildman–Crippen MR) is 60.3 cm³/mol. The Balaban J connectivity index is 1.83. The third-order valence-corrected chi connectivity index (χ3v) is 5.29. The molecule has 1 saturated carbocycles. The molecular weight excluding hydrogens is 228 g/mol. The van der Waals surface area contributed by atoms with Crippen LogP contribution in [0.5, 0.6) is 0 Å². The van der Waals surface area contributed by atoms with Crippen LogP contribution in [0.25, 0.3) is 0 Å². The van der Waals surface area contributed by atoms with Gasteiger partial charge in [0.15, 0.2) is 0 Å². The standard InChI is InChI=1S/C10H18N2O3S/c1-7(2)11-10(13)8-5-12(6-8)16(14,15)9-3-4-9/h7-9H,3-6H2,1-2H3,(H,11,13). The van der Waals surface area contributed by atoms with E-state index in [0.717, 1.165) is 12.8 Å². The van der Waals surface area contributed by atoms with Gasteiger partial charge in [-0.2, -0.15) is 4.31 Å². The number of carbonyl (C=O) groups is 1. The van der Waals surface area contributed by atoms with Crippen LogP contribution in [0.1, 0.15) is 26.7 Å². The van der Waals surface area contributed by atoms with Gasteiger partial charge in [0.25, 0.3) is 0 Å². The fourth-order valence-corrected chi connectivity index (χ4v) is 3.72. The summed E-state index contributed by atoms with van der Waals surface area (Å²) >= 11 is 0. The second kappa shape index (κ2) is 4.00. The number of carbonyl (C=O) groups excluding carboxylic acids is 1. The van der Waals surface area contributed by atoms with Gasteiger partial charge < -0.3 is 5.32 Å². The van der Waals surface area contributed by atoms with E-state index in [4.69, 9.17) is 0 Å². The van der Waals surface area contributed by atoms with Gasteiger partial charge in [0.2, 0.25) is 15.9 Å². The molecule has 1 amide bonds. The summed E-state index contributed by atoms with van der Waals surface area (Å²) in [6, 6.07) is 0.113. The van der Waals surface area contributed by atoms with Gasteiger partial charge in [0.05, 0.1) is 11.2 Å². The molecule has 1 aliphatic heterocycles. The Kier molecular flexibility index (Phi) is 2.96. The second-order valence-corrected chi connectivity index (χ2v) is 7.13. The van der Waals surface area contributed by atoms with Crippen molar-refractivity contribution in [1.29, 1.82) is 0 Å². The molecule has 1 heterocycles. The first kappa shape index (κ1) is 11.9. The number of nitrogens with one attached hydrogen (secondary N) is 1. The number of rotatable bonds is 4. The van der Waals surface area contributed by atoms with E-state index >= 15 is 0 Å². The van der Waals surface area contributed by atoms with Gasteiger partial charge in [0, 0.05) is 19.1 Å². The molecule has 0 aromatic rings. The van der Waals surface area contributed by atoms with Gasteiger partial charge >= 0.3 is 0 Å². The molecule has 0 aromatic heterocycles. The molecule has 92 valence electrons. The molecule has 2 rings (SSSR count). The van der Waals surface area contributed by atoms with Crippen LogP contribution >= 0.6 is 0 Å². The molecule has 0 spiro atoms. The molecule has 0 aromatic carbocycles. The van der Waals surface area contributed by atoms with Crippen LogP contribution in [0.15, 0.2) is 0 Å². The van der Waals surface area contributed by atoms with Gasteiger partial charge in [0.1, 0.15) is 0 Å². The molecule has 0 atom stereocenters. The smallest absolute Gasteiger partial charge is 0.225 e. The second-order valence-electron chi connectivity index (χ2n) is 4.92. The van der Waals surface area contributed by atoms with Crippen LogP contribution in [0, 0.1) is 5.92 Å². The zero-order valence-electron chi connectivity index (χ0n) is 9.64. The highest BCUT2D eigenvalue weighted by Crippen LogP contribution is 2.34. The predicted octanol–water partition coefficient (Wildman–Crippen LogP) is -0.0650. The van der Waals surface area contributed by atoms with Crippen molar-refractivity contribution in [3.05, 3.63) is 0 Å². The summed E-state index contributed by atoms with van der Waals surface area (Å²) in [4.78, 5) is 11.6. The van der Waals surface area contributed by atoms with Gasteiger partial charge in [-0.05, 0) is 26.7 Å². The Morgan fingerprint density at radius 2 is 1.88 bits per heavy atom. The largest absolute Gasteiger partial charge is 0.354 e. The third kappa shape index (κ3) is 2.22. The minimum Gasteiger partial charge on any atom is -0.354 e. The highest BCUT2D eigenvalue weighted by atomic mass is 32.2. The summed E-state index contributed by atoms with van der Waals surface area (Å²) in [5, 5.41) is 2.64. The van der Waals surface area contributed by atoms with Crippen molar-refractivity contribution >= 4 is 15.9 Å². The van der Waals surface area contributed by atoms with E-state index in [1.54, 1.807) is 0 Å². The molecule has 16 heavy (non-hydrogen) atoms. The third-order valence-electron chi connectivity index (χ3n) is 2.96. The molecule has 0 radical (unpaired) electrons. The van der Waals surface area contributed by atoms with Crippen LogP contribution in [0.4, 0.5) is 0 Å².